The Morgan fingerprint density at radius 1 is 1.29 bits per heavy atom. The van der Waals surface area contributed by atoms with Crippen LogP contribution in [0.1, 0.15) is 19.0 Å². The van der Waals surface area contributed by atoms with Crippen molar-refractivity contribution >= 4 is 0 Å². The summed E-state index contributed by atoms with van der Waals surface area (Å²) < 4.78 is 4.23. The second-order valence-electron chi connectivity index (χ2n) is 3.31. The lowest BCUT2D eigenvalue weighted by Crippen LogP contribution is -2.05. The maximum Gasteiger partial charge on any atom is 0.0949 e. The third-order valence-electron chi connectivity index (χ3n) is 2.17. The van der Waals surface area contributed by atoms with Gasteiger partial charge in [-0.3, -0.25) is 0 Å². The molecule has 2 aromatic rings. The van der Waals surface area contributed by atoms with E-state index < -0.39 is 0 Å². The van der Waals surface area contributed by atoms with Crippen molar-refractivity contribution in [3.8, 4) is 0 Å². The molecule has 0 saturated heterocycles. The summed E-state index contributed by atoms with van der Waals surface area (Å²) in [7, 11) is 0. The van der Waals surface area contributed by atoms with Gasteiger partial charge in [0.25, 0.3) is 0 Å². The van der Waals surface area contributed by atoms with Crippen LogP contribution in [0.3, 0.4) is 0 Å². The van der Waals surface area contributed by atoms with Crippen molar-refractivity contribution < 1.29 is 0 Å². The molecule has 74 valence electrons. The summed E-state index contributed by atoms with van der Waals surface area (Å²) in [6.45, 7) is 4.05. The van der Waals surface area contributed by atoms with Gasteiger partial charge in [0.05, 0.1) is 24.9 Å². The van der Waals surface area contributed by atoms with Crippen molar-refractivity contribution in [2.75, 3.05) is 0 Å². The lowest BCUT2D eigenvalue weighted by Gasteiger charge is -2.06. The molecule has 14 heavy (non-hydrogen) atoms. The minimum absolute atomic E-state index is 0.847. The Balaban J connectivity index is 2.12. The van der Waals surface area contributed by atoms with Gasteiger partial charge in [0, 0.05) is 25.1 Å². The number of nitrogens with zero attached hydrogens (tertiary/aromatic N) is 4. The van der Waals surface area contributed by atoms with E-state index in [0.29, 0.717) is 0 Å². The SMILES string of the molecule is CCCn1cncc1Cn1ccnc1. The predicted octanol–water partition coefficient (Wildman–Crippen LogP) is 1.54. The highest BCUT2D eigenvalue weighted by Crippen LogP contribution is 2.03. The molecular weight excluding hydrogens is 176 g/mol. The Hall–Kier alpha value is -1.58. The Bertz CT molecular complexity index is 374. The summed E-state index contributed by atoms with van der Waals surface area (Å²) >= 11 is 0. The molecule has 0 unspecified atom stereocenters. The molecule has 0 radical (unpaired) electrons. The molecule has 2 rings (SSSR count). The molecule has 0 aromatic carbocycles. The van der Waals surface area contributed by atoms with Crippen molar-refractivity contribution in [3.05, 3.63) is 36.9 Å². The maximum atomic E-state index is 4.15. The van der Waals surface area contributed by atoms with Crippen LogP contribution in [0.5, 0.6) is 0 Å². The quantitative estimate of drug-likeness (QED) is 0.733. The number of hydrogen-bond donors (Lipinski definition) is 0. The van der Waals surface area contributed by atoms with Crippen molar-refractivity contribution in [1.29, 1.82) is 0 Å². The van der Waals surface area contributed by atoms with Gasteiger partial charge in [-0.05, 0) is 6.42 Å². The van der Waals surface area contributed by atoms with E-state index in [-0.39, 0.29) is 0 Å². The predicted molar refractivity (Wildman–Crippen MR) is 53.8 cm³/mol. The summed E-state index contributed by atoms with van der Waals surface area (Å²) in [5.41, 5.74) is 1.23. The summed E-state index contributed by atoms with van der Waals surface area (Å²) in [5.74, 6) is 0. The molecular formula is C10H14N4. The van der Waals surface area contributed by atoms with Crippen LogP contribution in [0.25, 0.3) is 0 Å². The summed E-state index contributed by atoms with van der Waals surface area (Å²) in [6, 6.07) is 0. The third-order valence-corrected chi connectivity index (χ3v) is 2.17. The van der Waals surface area contributed by atoms with Gasteiger partial charge in [-0.15, -0.1) is 0 Å². The number of aromatic nitrogens is 4. The Morgan fingerprint density at radius 2 is 2.21 bits per heavy atom. The lowest BCUT2D eigenvalue weighted by molar-refractivity contribution is 0.623. The van der Waals surface area contributed by atoms with Crippen LogP contribution in [-0.4, -0.2) is 19.1 Å². The van der Waals surface area contributed by atoms with Gasteiger partial charge in [-0.25, -0.2) is 9.97 Å². The van der Waals surface area contributed by atoms with Gasteiger partial charge in [-0.2, -0.15) is 0 Å². The van der Waals surface area contributed by atoms with E-state index in [9.17, 15) is 0 Å². The fourth-order valence-electron chi connectivity index (χ4n) is 1.49. The second-order valence-corrected chi connectivity index (χ2v) is 3.31. The number of hydrogen-bond acceptors (Lipinski definition) is 2. The highest BCUT2D eigenvalue weighted by molar-refractivity contribution is 4.99. The zero-order chi connectivity index (χ0) is 9.80. The van der Waals surface area contributed by atoms with Crippen molar-refractivity contribution in [2.24, 2.45) is 0 Å². The van der Waals surface area contributed by atoms with E-state index in [4.69, 9.17) is 0 Å². The fourth-order valence-corrected chi connectivity index (χ4v) is 1.49. The van der Waals surface area contributed by atoms with Gasteiger partial charge >= 0.3 is 0 Å². The summed E-state index contributed by atoms with van der Waals surface area (Å²) in [6.07, 6.45) is 10.5. The molecule has 0 amide bonds. The zero-order valence-electron chi connectivity index (χ0n) is 8.30. The number of aryl methyl sites for hydroxylation is 1. The van der Waals surface area contributed by atoms with Crippen LogP contribution in [0.15, 0.2) is 31.2 Å². The highest BCUT2D eigenvalue weighted by Gasteiger charge is 2.01. The minimum Gasteiger partial charge on any atom is -0.333 e. The molecule has 0 aliphatic carbocycles. The molecule has 0 spiro atoms. The van der Waals surface area contributed by atoms with E-state index in [1.807, 2.05) is 29.6 Å². The van der Waals surface area contributed by atoms with Gasteiger partial charge < -0.3 is 9.13 Å². The highest BCUT2D eigenvalue weighted by atomic mass is 15.1. The van der Waals surface area contributed by atoms with E-state index in [1.54, 1.807) is 6.20 Å². The molecule has 4 nitrogen and oxygen atoms in total. The first-order chi connectivity index (χ1) is 6.90. The van der Waals surface area contributed by atoms with Gasteiger partial charge in [0.2, 0.25) is 0 Å². The molecule has 0 fully saturated rings. The van der Waals surface area contributed by atoms with E-state index in [2.05, 4.69) is 21.5 Å². The normalized spacial score (nSPS) is 10.6. The first-order valence-corrected chi connectivity index (χ1v) is 4.85. The van der Waals surface area contributed by atoms with Gasteiger partial charge in [-0.1, -0.05) is 6.92 Å². The lowest BCUT2D eigenvalue weighted by atomic mass is 10.4. The van der Waals surface area contributed by atoms with Crippen LogP contribution in [0, 0.1) is 0 Å². The standard InChI is InChI=1S/C10H14N4/c1-2-4-14-9-12-6-10(14)7-13-5-3-11-8-13/h3,5-6,8-9H,2,4,7H2,1H3. The molecule has 0 atom stereocenters. The average molecular weight is 190 g/mol. The molecule has 0 saturated carbocycles. The van der Waals surface area contributed by atoms with Gasteiger partial charge in [0.1, 0.15) is 0 Å². The van der Waals surface area contributed by atoms with Gasteiger partial charge in [0.15, 0.2) is 0 Å². The Kier molecular flexibility index (Phi) is 2.62. The third kappa shape index (κ3) is 1.84. The first-order valence-electron chi connectivity index (χ1n) is 4.85. The average Bonchev–Trinajstić information content (AvgIpc) is 2.80. The van der Waals surface area contributed by atoms with Crippen LogP contribution >= 0.6 is 0 Å². The number of imidazole rings is 2. The Labute approximate surface area is 83.2 Å². The van der Waals surface area contributed by atoms with Crippen LogP contribution in [0.2, 0.25) is 0 Å². The smallest absolute Gasteiger partial charge is 0.0949 e. The molecule has 0 aliphatic rings. The fraction of sp³-hybridized carbons (Fsp3) is 0.400. The Morgan fingerprint density at radius 3 is 2.93 bits per heavy atom. The molecule has 4 heteroatoms. The van der Waals surface area contributed by atoms with Crippen molar-refractivity contribution in [2.45, 2.75) is 26.4 Å². The van der Waals surface area contributed by atoms with Crippen LogP contribution in [0.4, 0.5) is 0 Å². The van der Waals surface area contributed by atoms with E-state index in [1.165, 1.54) is 5.69 Å². The largest absolute Gasteiger partial charge is 0.333 e. The second kappa shape index (κ2) is 4.09. The molecule has 2 aromatic heterocycles. The zero-order valence-corrected chi connectivity index (χ0v) is 8.30. The topological polar surface area (TPSA) is 35.6 Å². The summed E-state index contributed by atoms with van der Waals surface area (Å²) in [4.78, 5) is 8.16. The van der Waals surface area contributed by atoms with Crippen molar-refractivity contribution in [1.82, 2.24) is 19.1 Å². The van der Waals surface area contributed by atoms with Crippen LogP contribution in [-0.2, 0) is 13.1 Å². The van der Waals surface area contributed by atoms with Crippen molar-refractivity contribution in [3.63, 3.8) is 0 Å². The first kappa shape index (κ1) is 8.99. The summed E-state index contributed by atoms with van der Waals surface area (Å²) in [5, 5.41) is 0. The molecule has 2 heterocycles. The monoisotopic (exact) mass is 190 g/mol. The molecule has 0 bridgehead atoms. The minimum atomic E-state index is 0.847. The maximum absolute atomic E-state index is 4.15. The molecule has 0 aliphatic heterocycles. The number of rotatable bonds is 4. The molecule has 0 N–H and O–H groups in total. The van der Waals surface area contributed by atoms with E-state index >= 15 is 0 Å². The van der Waals surface area contributed by atoms with Crippen LogP contribution < -0.4 is 0 Å². The van der Waals surface area contributed by atoms with E-state index in [0.717, 1.165) is 19.5 Å².